The number of pyridine rings is 1. The maximum Gasteiger partial charge on any atom is 0.227 e. The normalized spacial score (nSPS) is 42.1. The lowest BCUT2D eigenvalue weighted by Gasteiger charge is -2.53. The second kappa shape index (κ2) is 9.94. The van der Waals surface area contributed by atoms with E-state index in [2.05, 4.69) is 34.5 Å². The predicted molar refractivity (Wildman–Crippen MR) is 131 cm³/mol. The summed E-state index contributed by atoms with van der Waals surface area (Å²) in [5.74, 6) is 2.48. The lowest BCUT2D eigenvalue weighted by molar-refractivity contribution is -0.132. The van der Waals surface area contributed by atoms with Crippen LogP contribution in [0.1, 0.15) is 50.6 Å². The van der Waals surface area contributed by atoms with Crippen molar-refractivity contribution in [1.29, 1.82) is 0 Å². The van der Waals surface area contributed by atoms with Gasteiger partial charge < -0.3 is 20.5 Å². The van der Waals surface area contributed by atoms with Gasteiger partial charge >= 0.3 is 0 Å². The molecular formula is C26H40N6O3. The van der Waals surface area contributed by atoms with Gasteiger partial charge in [0.2, 0.25) is 11.8 Å². The van der Waals surface area contributed by atoms with Crippen LogP contribution in [0.25, 0.3) is 0 Å². The molecule has 35 heavy (non-hydrogen) atoms. The molecular weight excluding hydrogens is 444 g/mol. The molecule has 0 radical (unpaired) electrons. The van der Waals surface area contributed by atoms with Gasteiger partial charge in [-0.25, -0.2) is 4.98 Å². The minimum absolute atomic E-state index is 0.0182. The third kappa shape index (κ3) is 4.46. The smallest absolute Gasteiger partial charge is 0.227 e. The fraction of sp³-hybridized carbons (Fsp3) is 0.769. The number of amides is 1. The van der Waals surface area contributed by atoms with Gasteiger partial charge in [0.25, 0.3) is 0 Å². The summed E-state index contributed by atoms with van der Waals surface area (Å²) in [7, 11) is 0. The molecule has 1 amide bonds. The molecule has 9 heteroatoms. The van der Waals surface area contributed by atoms with Gasteiger partial charge in [-0.05, 0) is 49.0 Å². The molecule has 1 aromatic rings. The molecule has 5 aliphatic rings. The molecule has 3 saturated heterocycles. The largest absolute Gasteiger partial charge is 0.474 e. The van der Waals surface area contributed by atoms with E-state index in [1.807, 2.05) is 12.1 Å². The zero-order valence-corrected chi connectivity index (χ0v) is 20.6. The number of hydrazine groups is 1. The first-order chi connectivity index (χ1) is 17.1. The molecule has 5 fully saturated rings. The molecule has 0 aromatic carbocycles. The van der Waals surface area contributed by atoms with E-state index >= 15 is 0 Å². The molecule has 4 heterocycles. The van der Waals surface area contributed by atoms with E-state index in [0.717, 1.165) is 44.7 Å². The van der Waals surface area contributed by atoms with Crippen LogP contribution in [-0.4, -0.2) is 61.5 Å². The number of hydrogen-bond acceptors (Lipinski definition) is 8. The Morgan fingerprint density at radius 2 is 2.00 bits per heavy atom. The number of nitrogens with one attached hydrogen (secondary N) is 4. The minimum Gasteiger partial charge on any atom is -0.474 e. The molecule has 9 atom stereocenters. The molecule has 1 aromatic heterocycles. The van der Waals surface area contributed by atoms with Crippen molar-refractivity contribution in [1.82, 2.24) is 26.5 Å². The fourth-order valence-electron chi connectivity index (χ4n) is 7.76. The zero-order chi connectivity index (χ0) is 23.9. The predicted octanol–water partition coefficient (Wildman–Crippen LogP) is 0.871. The zero-order valence-electron chi connectivity index (χ0n) is 20.6. The number of hydrogen-bond donors (Lipinski definition) is 5. The first kappa shape index (κ1) is 23.6. The highest BCUT2D eigenvalue weighted by Crippen LogP contribution is 2.50. The van der Waals surface area contributed by atoms with Gasteiger partial charge in [-0.3, -0.25) is 21.0 Å². The summed E-state index contributed by atoms with van der Waals surface area (Å²) < 4.78 is 11.7. The molecule has 3 aliphatic heterocycles. The summed E-state index contributed by atoms with van der Waals surface area (Å²) in [5.41, 5.74) is 14.9. The van der Waals surface area contributed by atoms with E-state index in [1.54, 1.807) is 0 Å². The highest BCUT2D eigenvalue weighted by atomic mass is 16.5. The average molecular weight is 485 g/mol. The standard InChI is InChI=1S/C26H40N6O3/c1-14-5-6-20-18(12-30-32-20)22(14)17-11-16(25-23(24(17)27)26(33)29-13-28-25)19-3-2-4-21(31-19)35-15-7-9-34-10-8-15/h2-4,14-18,20,22-25,28,30,32H,5-13,27H2,1H3,(H,29,33). The average Bonchev–Trinajstić information content (AvgIpc) is 3.34. The van der Waals surface area contributed by atoms with Crippen LogP contribution in [0, 0.1) is 29.6 Å². The summed E-state index contributed by atoms with van der Waals surface area (Å²) in [6.07, 6.45) is 5.26. The van der Waals surface area contributed by atoms with Crippen molar-refractivity contribution in [2.45, 2.75) is 69.2 Å². The van der Waals surface area contributed by atoms with Crippen molar-refractivity contribution < 1.29 is 14.3 Å². The quantitative estimate of drug-likeness (QED) is 0.427. The summed E-state index contributed by atoms with van der Waals surface area (Å²) in [6.45, 7) is 5.30. The summed E-state index contributed by atoms with van der Waals surface area (Å²) in [4.78, 5) is 18.2. The molecule has 2 saturated carbocycles. The van der Waals surface area contributed by atoms with Crippen molar-refractivity contribution in [3.05, 3.63) is 23.9 Å². The van der Waals surface area contributed by atoms with Gasteiger partial charge in [-0.2, -0.15) is 0 Å². The molecule has 0 bridgehead atoms. The van der Waals surface area contributed by atoms with Crippen LogP contribution in [0.4, 0.5) is 0 Å². The van der Waals surface area contributed by atoms with Gasteiger partial charge in [-0.15, -0.1) is 0 Å². The lowest BCUT2D eigenvalue weighted by Crippen LogP contribution is -2.67. The number of ether oxygens (including phenoxy) is 2. The van der Waals surface area contributed by atoms with Crippen LogP contribution < -0.4 is 32.0 Å². The van der Waals surface area contributed by atoms with E-state index < -0.39 is 0 Å². The van der Waals surface area contributed by atoms with Crippen molar-refractivity contribution in [3.63, 3.8) is 0 Å². The van der Waals surface area contributed by atoms with Crippen LogP contribution in [-0.2, 0) is 9.53 Å². The van der Waals surface area contributed by atoms with Crippen molar-refractivity contribution >= 4 is 5.91 Å². The highest BCUT2D eigenvalue weighted by Gasteiger charge is 2.54. The topological polar surface area (TPSA) is 123 Å². The number of carbonyl (C=O) groups excluding carboxylic acids is 1. The number of carbonyl (C=O) groups is 1. The van der Waals surface area contributed by atoms with E-state index in [1.165, 1.54) is 12.8 Å². The van der Waals surface area contributed by atoms with Crippen molar-refractivity contribution in [2.75, 3.05) is 26.4 Å². The molecule has 6 N–H and O–H groups in total. The van der Waals surface area contributed by atoms with Crippen LogP contribution in [0.15, 0.2) is 18.2 Å². The Labute approximate surface area is 207 Å². The number of fused-ring (bicyclic) bond motifs is 2. The first-order valence-electron chi connectivity index (χ1n) is 13.6. The Kier molecular flexibility index (Phi) is 6.70. The van der Waals surface area contributed by atoms with Crippen LogP contribution in [0.2, 0.25) is 0 Å². The van der Waals surface area contributed by atoms with E-state index in [9.17, 15) is 4.79 Å². The molecule has 2 aliphatic carbocycles. The van der Waals surface area contributed by atoms with Gasteiger partial charge in [0, 0.05) is 55.2 Å². The Bertz CT molecular complexity index is 911. The van der Waals surface area contributed by atoms with Gasteiger partial charge in [-0.1, -0.05) is 13.0 Å². The summed E-state index contributed by atoms with van der Waals surface area (Å²) >= 11 is 0. The summed E-state index contributed by atoms with van der Waals surface area (Å²) in [6, 6.07) is 6.40. The molecule has 6 rings (SSSR count). The Hall–Kier alpha value is -1.78. The number of aromatic nitrogens is 1. The van der Waals surface area contributed by atoms with Gasteiger partial charge in [0.1, 0.15) is 6.10 Å². The summed E-state index contributed by atoms with van der Waals surface area (Å²) in [5, 5.41) is 6.60. The maximum absolute atomic E-state index is 13.2. The number of nitrogens with zero attached hydrogens (tertiary/aromatic N) is 1. The Balaban J connectivity index is 1.30. The Morgan fingerprint density at radius 1 is 1.14 bits per heavy atom. The Morgan fingerprint density at radius 3 is 2.86 bits per heavy atom. The molecule has 0 spiro atoms. The second-order valence-corrected chi connectivity index (χ2v) is 11.3. The van der Waals surface area contributed by atoms with Gasteiger partial charge in [0.15, 0.2) is 0 Å². The second-order valence-electron chi connectivity index (χ2n) is 11.3. The third-order valence-electron chi connectivity index (χ3n) is 9.46. The monoisotopic (exact) mass is 484 g/mol. The van der Waals surface area contributed by atoms with Crippen LogP contribution in [0.3, 0.4) is 0 Å². The van der Waals surface area contributed by atoms with E-state index in [-0.39, 0.29) is 41.8 Å². The third-order valence-corrected chi connectivity index (χ3v) is 9.46. The molecule has 9 nitrogen and oxygen atoms in total. The number of nitrogens with two attached hydrogens (primary N) is 1. The first-order valence-corrected chi connectivity index (χ1v) is 13.6. The van der Waals surface area contributed by atoms with Crippen LogP contribution in [0.5, 0.6) is 5.88 Å². The highest BCUT2D eigenvalue weighted by molar-refractivity contribution is 5.81. The minimum atomic E-state index is -0.260. The van der Waals surface area contributed by atoms with E-state index in [0.29, 0.717) is 36.3 Å². The SMILES string of the molecule is CC1CCC2NNCC2C1C1CC(c2cccc(OC3CCOCC3)n2)C2NCNC(=O)C2C1N. The maximum atomic E-state index is 13.2. The number of rotatable bonds is 4. The molecule has 192 valence electrons. The van der Waals surface area contributed by atoms with E-state index in [4.69, 9.17) is 20.2 Å². The van der Waals surface area contributed by atoms with Gasteiger partial charge in [0.05, 0.1) is 25.8 Å². The fourth-order valence-corrected chi connectivity index (χ4v) is 7.76. The van der Waals surface area contributed by atoms with Crippen molar-refractivity contribution in [3.8, 4) is 5.88 Å². The van der Waals surface area contributed by atoms with Crippen LogP contribution >= 0.6 is 0 Å². The molecule has 9 unspecified atom stereocenters. The lowest BCUT2D eigenvalue weighted by atomic mass is 9.56. The van der Waals surface area contributed by atoms with Crippen molar-refractivity contribution in [2.24, 2.45) is 35.3 Å².